The summed E-state index contributed by atoms with van der Waals surface area (Å²) in [5.74, 6) is 0. The third kappa shape index (κ3) is 2.29. The van der Waals surface area contributed by atoms with Gasteiger partial charge in [-0.3, -0.25) is 0 Å². The molecule has 0 bridgehead atoms. The highest BCUT2D eigenvalue weighted by molar-refractivity contribution is 5.12. The molecule has 0 saturated heterocycles. The fraction of sp³-hybridized carbons (Fsp3) is 0.636. The molecule has 3 heteroatoms. The molecule has 78 valence electrons. The van der Waals surface area contributed by atoms with Gasteiger partial charge < -0.3 is 5.32 Å². The Morgan fingerprint density at radius 3 is 2.36 bits per heavy atom. The summed E-state index contributed by atoms with van der Waals surface area (Å²) in [6.45, 7) is 6.70. The molecule has 1 rings (SSSR count). The van der Waals surface area contributed by atoms with Gasteiger partial charge in [0.15, 0.2) is 0 Å². The van der Waals surface area contributed by atoms with Crippen LogP contribution in [0.15, 0.2) is 18.7 Å². The molecular formula is C11H19N3. The van der Waals surface area contributed by atoms with Crippen molar-refractivity contribution in [3.63, 3.8) is 0 Å². The molecule has 0 aliphatic heterocycles. The summed E-state index contributed by atoms with van der Waals surface area (Å²) in [4.78, 5) is 8.10. The van der Waals surface area contributed by atoms with E-state index < -0.39 is 0 Å². The molecule has 1 heterocycles. The molecule has 1 aromatic heterocycles. The van der Waals surface area contributed by atoms with Crippen molar-refractivity contribution >= 4 is 0 Å². The van der Waals surface area contributed by atoms with Crippen LogP contribution in [-0.4, -0.2) is 17.0 Å². The second kappa shape index (κ2) is 4.51. The fourth-order valence-corrected chi connectivity index (χ4v) is 1.67. The normalized spacial score (nSPS) is 14.0. The predicted molar refractivity (Wildman–Crippen MR) is 57.9 cm³/mol. The Morgan fingerprint density at radius 1 is 1.36 bits per heavy atom. The third-order valence-corrected chi connectivity index (χ3v) is 2.90. The molecule has 1 unspecified atom stereocenters. The Morgan fingerprint density at radius 2 is 1.93 bits per heavy atom. The van der Waals surface area contributed by atoms with Gasteiger partial charge in [-0.25, -0.2) is 9.97 Å². The van der Waals surface area contributed by atoms with E-state index in [1.807, 2.05) is 19.4 Å². The highest BCUT2D eigenvalue weighted by Crippen LogP contribution is 2.35. The van der Waals surface area contributed by atoms with Crippen molar-refractivity contribution in [3.8, 4) is 0 Å². The van der Waals surface area contributed by atoms with Gasteiger partial charge in [0.2, 0.25) is 0 Å². The van der Waals surface area contributed by atoms with Crippen molar-refractivity contribution in [1.82, 2.24) is 15.3 Å². The van der Waals surface area contributed by atoms with Crippen molar-refractivity contribution in [2.24, 2.45) is 5.41 Å². The van der Waals surface area contributed by atoms with Crippen LogP contribution in [0.2, 0.25) is 0 Å². The largest absolute Gasteiger partial charge is 0.312 e. The zero-order valence-corrected chi connectivity index (χ0v) is 9.41. The van der Waals surface area contributed by atoms with Gasteiger partial charge in [0.25, 0.3) is 0 Å². The molecule has 0 fully saturated rings. The minimum atomic E-state index is 0.222. The maximum atomic E-state index is 4.05. The second-order valence-electron chi connectivity index (χ2n) is 4.24. The lowest BCUT2D eigenvalue weighted by Crippen LogP contribution is -2.31. The maximum Gasteiger partial charge on any atom is 0.115 e. The average molecular weight is 193 g/mol. The lowest BCUT2D eigenvalue weighted by molar-refractivity contribution is 0.244. The maximum absolute atomic E-state index is 4.05. The quantitative estimate of drug-likeness (QED) is 0.796. The summed E-state index contributed by atoms with van der Waals surface area (Å²) in [5.41, 5.74) is 1.38. The Balaban J connectivity index is 2.93. The molecule has 0 aliphatic rings. The standard InChI is InChI=1S/C11H19N3/c1-5-11(2,3)10(12-4)9-6-13-8-14-7-9/h6-8,10,12H,5H2,1-4H3. The first-order valence-corrected chi connectivity index (χ1v) is 5.04. The number of aromatic nitrogens is 2. The van der Waals surface area contributed by atoms with Crippen LogP contribution in [0.3, 0.4) is 0 Å². The first-order chi connectivity index (χ1) is 6.61. The topological polar surface area (TPSA) is 37.8 Å². The first kappa shape index (κ1) is 11.1. The van der Waals surface area contributed by atoms with Crippen molar-refractivity contribution in [1.29, 1.82) is 0 Å². The molecule has 1 N–H and O–H groups in total. The molecule has 0 aromatic carbocycles. The molecule has 0 saturated carbocycles. The molecule has 3 nitrogen and oxygen atoms in total. The highest BCUT2D eigenvalue weighted by Gasteiger charge is 2.27. The number of nitrogens with zero attached hydrogens (tertiary/aromatic N) is 2. The van der Waals surface area contributed by atoms with Crippen LogP contribution in [0.4, 0.5) is 0 Å². The third-order valence-electron chi connectivity index (χ3n) is 2.90. The summed E-state index contributed by atoms with van der Waals surface area (Å²) in [7, 11) is 1.98. The van der Waals surface area contributed by atoms with E-state index in [2.05, 4.69) is 36.1 Å². The van der Waals surface area contributed by atoms with Crippen molar-refractivity contribution in [2.75, 3.05) is 7.05 Å². The Bertz CT molecular complexity index is 269. The average Bonchev–Trinajstić information content (AvgIpc) is 2.20. The van der Waals surface area contributed by atoms with Gasteiger partial charge in [-0.2, -0.15) is 0 Å². The van der Waals surface area contributed by atoms with Crippen LogP contribution >= 0.6 is 0 Å². The first-order valence-electron chi connectivity index (χ1n) is 5.04. The van der Waals surface area contributed by atoms with Gasteiger partial charge in [0, 0.05) is 24.0 Å². The number of rotatable bonds is 4. The van der Waals surface area contributed by atoms with Crippen LogP contribution in [0.1, 0.15) is 38.8 Å². The molecular weight excluding hydrogens is 174 g/mol. The van der Waals surface area contributed by atoms with Crippen molar-refractivity contribution < 1.29 is 0 Å². The monoisotopic (exact) mass is 193 g/mol. The minimum absolute atomic E-state index is 0.222. The molecule has 0 radical (unpaired) electrons. The van der Waals surface area contributed by atoms with Gasteiger partial charge >= 0.3 is 0 Å². The van der Waals surface area contributed by atoms with E-state index in [1.54, 1.807) is 6.33 Å². The zero-order chi connectivity index (χ0) is 10.6. The number of hydrogen-bond donors (Lipinski definition) is 1. The van der Waals surface area contributed by atoms with Crippen molar-refractivity contribution in [3.05, 3.63) is 24.3 Å². The van der Waals surface area contributed by atoms with E-state index in [9.17, 15) is 0 Å². The fourth-order valence-electron chi connectivity index (χ4n) is 1.67. The van der Waals surface area contributed by atoms with Crippen LogP contribution in [0.25, 0.3) is 0 Å². The Labute approximate surface area is 86.0 Å². The van der Waals surface area contributed by atoms with Gasteiger partial charge in [-0.05, 0) is 18.9 Å². The van der Waals surface area contributed by atoms with E-state index in [-0.39, 0.29) is 5.41 Å². The van der Waals surface area contributed by atoms with E-state index in [0.29, 0.717) is 6.04 Å². The summed E-state index contributed by atoms with van der Waals surface area (Å²) in [6, 6.07) is 0.314. The van der Waals surface area contributed by atoms with Gasteiger partial charge in [0.05, 0.1) is 0 Å². The molecule has 1 aromatic rings. The Hall–Kier alpha value is -0.960. The summed E-state index contributed by atoms with van der Waals surface area (Å²) in [5, 5.41) is 3.33. The smallest absolute Gasteiger partial charge is 0.115 e. The number of nitrogens with one attached hydrogen (secondary N) is 1. The highest BCUT2D eigenvalue weighted by atomic mass is 14.9. The molecule has 0 spiro atoms. The molecule has 0 aliphatic carbocycles. The summed E-state index contributed by atoms with van der Waals surface area (Å²) >= 11 is 0. The minimum Gasteiger partial charge on any atom is -0.312 e. The number of hydrogen-bond acceptors (Lipinski definition) is 3. The summed E-state index contributed by atoms with van der Waals surface area (Å²) in [6.07, 6.45) is 6.44. The van der Waals surface area contributed by atoms with Gasteiger partial charge in [-0.15, -0.1) is 0 Å². The van der Waals surface area contributed by atoms with Gasteiger partial charge in [0.1, 0.15) is 6.33 Å². The van der Waals surface area contributed by atoms with E-state index in [0.717, 1.165) is 12.0 Å². The van der Waals surface area contributed by atoms with Gasteiger partial charge in [-0.1, -0.05) is 20.8 Å². The second-order valence-corrected chi connectivity index (χ2v) is 4.24. The zero-order valence-electron chi connectivity index (χ0n) is 9.41. The van der Waals surface area contributed by atoms with Crippen LogP contribution in [-0.2, 0) is 0 Å². The van der Waals surface area contributed by atoms with Crippen LogP contribution in [0, 0.1) is 5.41 Å². The predicted octanol–water partition coefficient (Wildman–Crippen LogP) is 2.17. The van der Waals surface area contributed by atoms with Crippen LogP contribution < -0.4 is 5.32 Å². The van der Waals surface area contributed by atoms with Crippen LogP contribution in [0.5, 0.6) is 0 Å². The Kier molecular flexibility index (Phi) is 3.58. The molecule has 1 atom stereocenters. The summed E-state index contributed by atoms with van der Waals surface area (Å²) < 4.78 is 0. The van der Waals surface area contributed by atoms with E-state index in [4.69, 9.17) is 0 Å². The SMILES string of the molecule is CCC(C)(C)C(NC)c1cncnc1. The van der Waals surface area contributed by atoms with E-state index >= 15 is 0 Å². The lowest BCUT2D eigenvalue weighted by Gasteiger charge is -2.33. The van der Waals surface area contributed by atoms with E-state index in [1.165, 1.54) is 0 Å². The molecule has 0 amide bonds. The van der Waals surface area contributed by atoms with Crippen molar-refractivity contribution in [2.45, 2.75) is 33.2 Å². The lowest BCUT2D eigenvalue weighted by atomic mass is 9.79. The molecule has 14 heavy (non-hydrogen) atoms.